The van der Waals surface area contributed by atoms with Crippen LogP contribution in [0.5, 0.6) is 0 Å². The third kappa shape index (κ3) is 2.61. The quantitative estimate of drug-likeness (QED) is 0.659. The van der Waals surface area contributed by atoms with Gasteiger partial charge < -0.3 is 9.80 Å². The Morgan fingerprint density at radius 3 is 2.77 bits per heavy atom. The molecule has 0 bridgehead atoms. The molecule has 0 saturated carbocycles. The molecule has 0 aromatic carbocycles. The molecule has 1 saturated heterocycles. The van der Waals surface area contributed by atoms with Crippen LogP contribution < -0.4 is 0 Å². The Labute approximate surface area is 81.4 Å². The average molecular weight is 183 g/mol. The number of guanidine groups is 1. The number of nitrogens with zero attached hydrogens (tertiary/aromatic N) is 3. The van der Waals surface area contributed by atoms with Crippen molar-refractivity contribution in [2.45, 2.75) is 26.2 Å². The highest BCUT2D eigenvalue weighted by Gasteiger charge is 2.18. The number of aliphatic imine (C=N–C) groups is 1. The maximum atomic E-state index is 4.33. The fourth-order valence-corrected chi connectivity index (χ4v) is 1.81. The van der Waals surface area contributed by atoms with Crippen molar-refractivity contribution in [3.8, 4) is 0 Å². The van der Waals surface area contributed by atoms with Gasteiger partial charge in [-0.1, -0.05) is 13.3 Å². The van der Waals surface area contributed by atoms with Crippen molar-refractivity contribution in [1.82, 2.24) is 9.80 Å². The summed E-state index contributed by atoms with van der Waals surface area (Å²) in [5.41, 5.74) is 0. The summed E-state index contributed by atoms with van der Waals surface area (Å²) < 4.78 is 0. The molecular formula is C10H21N3. The third-order valence-corrected chi connectivity index (χ3v) is 2.53. The summed E-state index contributed by atoms with van der Waals surface area (Å²) in [5.74, 6) is 1.17. The highest BCUT2D eigenvalue weighted by Crippen LogP contribution is 2.08. The number of rotatable bonds is 3. The molecule has 0 radical (unpaired) electrons. The lowest BCUT2D eigenvalue weighted by molar-refractivity contribution is 0.280. The zero-order valence-corrected chi connectivity index (χ0v) is 9.08. The molecule has 1 heterocycles. The van der Waals surface area contributed by atoms with Crippen LogP contribution in [0.1, 0.15) is 26.2 Å². The van der Waals surface area contributed by atoms with Crippen molar-refractivity contribution < 1.29 is 0 Å². The predicted molar refractivity (Wildman–Crippen MR) is 57.1 cm³/mol. The first-order valence-corrected chi connectivity index (χ1v) is 5.22. The van der Waals surface area contributed by atoms with Crippen molar-refractivity contribution in [2.24, 2.45) is 4.99 Å². The van der Waals surface area contributed by atoms with Gasteiger partial charge in [0.05, 0.1) is 0 Å². The molecule has 76 valence electrons. The molecule has 0 unspecified atom stereocenters. The van der Waals surface area contributed by atoms with Gasteiger partial charge in [-0.05, 0) is 12.8 Å². The summed E-state index contributed by atoms with van der Waals surface area (Å²) in [6, 6.07) is 0. The van der Waals surface area contributed by atoms with E-state index < -0.39 is 0 Å². The molecule has 1 fully saturated rings. The second-order valence-corrected chi connectivity index (χ2v) is 3.64. The van der Waals surface area contributed by atoms with Crippen LogP contribution in [0.2, 0.25) is 0 Å². The van der Waals surface area contributed by atoms with E-state index in [9.17, 15) is 0 Å². The molecule has 1 aliphatic rings. The van der Waals surface area contributed by atoms with Gasteiger partial charge in [0, 0.05) is 33.7 Å². The fraction of sp³-hybridized carbons (Fsp3) is 0.900. The van der Waals surface area contributed by atoms with Crippen molar-refractivity contribution in [1.29, 1.82) is 0 Å². The molecule has 0 N–H and O–H groups in total. The Balaban J connectivity index is 2.50. The Morgan fingerprint density at radius 1 is 1.38 bits per heavy atom. The fourth-order valence-electron chi connectivity index (χ4n) is 1.81. The maximum Gasteiger partial charge on any atom is 0.196 e. The van der Waals surface area contributed by atoms with Crippen LogP contribution in [0, 0.1) is 0 Å². The molecule has 1 rings (SSSR count). The zero-order chi connectivity index (χ0) is 9.68. The van der Waals surface area contributed by atoms with E-state index >= 15 is 0 Å². The molecule has 0 spiro atoms. The number of hydrogen-bond donors (Lipinski definition) is 0. The number of hydrogen-bond acceptors (Lipinski definition) is 1. The summed E-state index contributed by atoms with van der Waals surface area (Å²) in [4.78, 5) is 8.98. The van der Waals surface area contributed by atoms with E-state index in [0.717, 1.165) is 13.1 Å². The summed E-state index contributed by atoms with van der Waals surface area (Å²) in [7, 11) is 4.01. The standard InChI is InChI=1S/C10H21N3/c1-4-5-8-13-9-6-7-12(3)10(13)11-2/h4-9H2,1-3H3. The molecule has 0 atom stereocenters. The lowest BCUT2D eigenvalue weighted by Crippen LogP contribution is -2.48. The van der Waals surface area contributed by atoms with E-state index in [1.807, 2.05) is 7.05 Å². The lowest BCUT2D eigenvalue weighted by atomic mass is 10.2. The van der Waals surface area contributed by atoms with Crippen molar-refractivity contribution in [2.75, 3.05) is 33.7 Å². The molecular weight excluding hydrogens is 162 g/mol. The molecule has 0 aromatic heterocycles. The molecule has 3 nitrogen and oxygen atoms in total. The van der Waals surface area contributed by atoms with Gasteiger partial charge in [-0.15, -0.1) is 0 Å². The first kappa shape index (κ1) is 10.4. The van der Waals surface area contributed by atoms with Crippen LogP contribution in [-0.4, -0.2) is 49.5 Å². The highest BCUT2D eigenvalue weighted by atomic mass is 15.4. The van der Waals surface area contributed by atoms with Crippen LogP contribution in [-0.2, 0) is 0 Å². The smallest absolute Gasteiger partial charge is 0.196 e. The van der Waals surface area contributed by atoms with Gasteiger partial charge in [0.2, 0.25) is 0 Å². The van der Waals surface area contributed by atoms with Gasteiger partial charge in [0.25, 0.3) is 0 Å². The van der Waals surface area contributed by atoms with Gasteiger partial charge in [0.1, 0.15) is 0 Å². The van der Waals surface area contributed by atoms with Crippen LogP contribution in [0.3, 0.4) is 0 Å². The van der Waals surface area contributed by atoms with Gasteiger partial charge >= 0.3 is 0 Å². The second kappa shape index (κ2) is 5.10. The molecule has 1 aliphatic heterocycles. The van der Waals surface area contributed by atoms with E-state index in [4.69, 9.17) is 0 Å². The Bertz CT molecular complexity index is 177. The van der Waals surface area contributed by atoms with E-state index in [1.54, 1.807) is 0 Å². The molecule has 13 heavy (non-hydrogen) atoms. The van der Waals surface area contributed by atoms with E-state index in [2.05, 4.69) is 28.8 Å². The highest BCUT2D eigenvalue weighted by molar-refractivity contribution is 5.80. The summed E-state index contributed by atoms with van der Waals surface area (Å²) >= 11 is 0. The van der Waals surface area contributed by atoms with Crippen molar-refractivity contribution in [3.63, 3.8) is 0 Å². The molecule has 0 aliphatic carbocycles. The van der Waals surface area contributed by atoms with Gasteiger partial charge in [0.15, 0.2) is 5.96 Å². The minimum Gasteiger partial charge on any atom is -0.346 e. The number of unbranched alkanes of at least 4 members (excludes halogenated alkanes) is 1. The first-order valence-electron chi connectivity index (χ1n) is 5.22. The van der Waals surface area contributed by atoms with Crippen LogP contribution >= 0.6 is 0 Å². The third-order valence-electron chi connectivity index (χ3n) is 2.53. The van der Waals surface area contributed by atoms with Crippen molar-refractivity contribution >= 4 is 5.96 Å². The molecule has 0 aromatic rings. The lowest BCUT2D eigenvalue weighted by Gasteiger charge is -2.36. The summed E-state index contributed by atoms with van der Waals surface area (Å²) in [6.07, 6.45) is 3.79. The minimum absolute atomic E-state index is 1.15. The average Bonchev–Trinajstić information content (AvgIpc) is 2.15. The topological polar surface area (TPSA) is 18.8 Å². The van der Waals surface area contributed by atoms with E-state index in [0.29, 0.717) is 0 Å². The summed E-state index contributed by atoms with van der Waals surface area (Å²) in [6.45, 7) is 5.72. The summed E-state index contributed by atoms with van der Waals surface area (Å²) in [5, 5.41) is 0. The predicted octanol–water partition coefficient (Wildman–Crippen LogP) is 1.41. The Morgan fingerprint density at radius 2 is 2.15 bits per heavy atom. The van der Waals surface area contributed by atoms with Crippen molar-refractivity contribution in [3.05, 3.63) is 0 Å². The normalized spacial score (nSPS) is 21.3. The Kier molecular flexibility index (Phi) is 4.06. The SMILES string of the molecule is CCCCN1CCCN(C)C1=NC. The second-order valence-electron chi connectivity index (χ2n) is 3.64. The minimum atomic E-state index is 1.15. The monoisotopic (exact) mass is 183 g/mol. The molecule has 3 heteroatoms. The molecule has 0 amide bonds. The zero-order valence-electron chi connectivity index (χ0n) is 9.08. The largest absolute Gasteiger partial charge is 0.346 e. The Hall–Kier alpha value is -0.730. The maximum absolute atomic E-state index is 4.33. The van der Waals surface area contributed by atoms with E-state index in [-0.39, 0.29) is 0 Å². The van der Waals surface area contributed by atoms with Gasteiger partial charge in [-0.3, -0.25) is 4.99 Å². The first-order chi connectivity index (χ1) is 6.29. The van der Waals surface area contributed by atoms with Crippen LogP contribution in [0.25, 0.3) is 0 Å². The van der Waals surface area contributed by atoms with Gasteiger partial charge in [-0.25, -0.2) is 0 Å². The van der Waals surface area contributed by atoms with Gasteiger partial charge in [-0.2, -0.15) is 0 Å². The van der Waals surface area contributed by atoms with E-state index in [1.165, 1.54) is 31.8 Å². The van der Waals surface area contributed by atoms with Crippen LogP contribution in [0.15, 0.2) is 4.99 Å². The van der Waals surface area contributed by atoms with Crippen LogP contribution in [0.4, 0.5) is 0 Å².